The van der Waals surface area contributed by atoms with E-state index in [1.165, 1.54) is 5.71 Å². The lowest BCUT2D eigenvalue weighted by Gasteiger charge is -1.97. The van der Waals surface area contributed by atoms with Gasteiger partial charge in [-0.05, 0) is 5.43 Å². The molecule has 2 rings (SSSR count). The van der Waals surface area contributed by atoms with Crippen LogP contribution in [0.2, 0.25) is 0 Å². The monoisotopic (exact) mass is 120 g/mol. The molecular weight excluding hydrogens is 112 g/mol. The van der Waals surface area contributed by atoms with Crippen molar-refractivity contribution in [2.45, 2.75) is 6.42 Å². The van der Waals surface area contributed by atoms with Gasteiger partial charge in [0.05, 0.1) is 0 Å². The molecule has 0 bridgehead atoms. The van der Waals surface area contributed by atoms with E-state index in [9.17, 15) is 0 Å². The van der Waals surface area contributed by atoms with Crippen molar-refractivity contribution in [2.24, 2.45) is 0 Å². The van der Waals surface area contributed by atoms with Crippen LogP contribution in [0, 0.1) is 0 Å². The van der Waals surface area contributed by atoms with Gasteiger partial charge in [0.15, 0.2) is 6.54 Å². The summed E-state index contributed by atoms with van der Waals surface area (Å²) in [4.78, 5) is 0. The zero-order chi connectivity index (χ0) is 6.10. The SMILES string of the molecule is C1=CC2=[N+](CC1)[N]C=C2. The molecule has 0 aromatic rings. The summed E-state index contributed by atoms with van der Waals surface area (Å²) in [6, 6.07) is 0. The Hall–Kier alpha value is -1.05. The van der Waals surface area contributed by atoms with Crippen LogP contribution in [0.15, 0.2) is 24.4 Å². The summed E-state index contributed by atoms with van der Waals surface area (Å²) in [5.74, 6) is 0. The van der Waals surface area contributed by atoms with Gasteiger partial charge in [-0.25, -0.2) is 0 Å². The average molecular weight is 120 g/mol. The summed E-state index contributed by atoms with van der Waals surface area (Å²) in [7, 11) is 0. The second-order valence-electron chi connectivity index (χ2n) is 2.17. The maximum absolute atomic E-state index is 4.12. The zero-order valence-electron chi connectivity index (χ0n) is 5.12. The van der Waals surface area contributed by atoms with Crippen LogP contribution < -0.4 is 5.43 Å². The molecule has 0 saturated heterocycles. The Labute approximate surface area is 54.2 Å². The molecule has 9 heavy (non-hydrogen) atoms. The van der Waals surface area contributed by atoms with Crippen LogP contribution in [0.4, 0.5) is 0 Å². The molecule has 0 saturated carbocycles. The molecule has 45 valence electrons. The molecule has 2 heteroatoms. The molecule has 0 aromatic heterocycles. The molecule has 0 unspecified atom stereocenters. The van der Waals surface area contributed by atoms with Crippen LogP contribution >= 0.6 is 0 Å². The minimum atomic E-state index is 1.04. The minimum Gasteiger partial charge on any atom is -0.0840 e. The van der Waals surface area contributed by atoms with Crippen LogP contribution in [0.3, 0.4) is 0 Å². The standard InChI is InChI=1S/C7H8N2/c1-2-6-9-7(3-1)4-5-8-9/h1,3-5H,2,6H2/q+1. The van der Waals surface area contributed by atoms with Crippen molar-refractivity contribution in [1.82, 2.24) is 5.43 Å². The Morgan fingerprint density at radius 3 is 3.33 bits per heavy atom. The first kappa shape index (κ1) is 4.79. The maximum Gasteiger partial charge on any atom is 0.233 e. The predicted octanol–water partition coefficient (Wildman–Crippen LogP) is 0.447. The van der Waals surface area contributed by atoms with Gasteiger partial charge in [0, 0.05) is 18.6 Å². The van der Waals surface area contributed by atoms with E-state index in [4.69, 9.17) is 0 Å². The van der Waals surface area contributed by atoms with Crippen molar-refractivity contribution in [3.63, 3.8) is 0 Å². The summed E-state index contributed by atoms with van der Waals surface area (Å²) in [6.07, 6.45) is 9.27. The topological polar surface area (TPSA) is 17.1 Å². The highest BCUT2D eigenvalue weighted by Crippen LogP contribution is 2.01. The van der Waals surface area contributed by atoms with E-state index < -0.39 is 0 Å². The first-order valence-electron chi connectivity index (χ1n) is 3.15. The molecule has 0 aliphatic carbocycles. The van der Waals surface area contributed by atoms with Gasteiger partial charge >= 0.3 is 0 Å². The van der Waals surface area contributed by atoms with Crippen LogP contribution in [-0.2, 0) is 0 Å². The first-order valence-corrected chi connectivity index (χ1v) is 3.15. The molecule has 0 aromatic carbocycles. The Morgan fingerprint density at radius 1 is 1.44 bits per heavy atom. The van der Waals surface area contributed by atoms with Gasteiger partial charge in [-0.3, -0.25) is 0 Å². The minimum absolute atomic E-state index is 1.04. The van der Waals surface area contributed by atoms with E-state index in [0.717, 1.165) is 13.0 Å². The molecular formula is C7H8N2+. The van der Waals surface area contributed by atoms with Gasteiger partial charge in [-0.1, -0.05) is 10.8 Å². The van der Waals surface area contributed by atoms with E-state index in [2.05, 4.69) is 17.6 Å². The molecule has 0 N–H and O–H groups in total. The van der Waals surface area contributed by atoms with Gasteiger partial charge in [0.2, 0.25) is 5.71 Å². The Balaban J connectivity index is 2.35. The number of allylic oxidation sites excluding steroid dienone is 2. The van der Waals surface area contributed by atoms with Gasteiger partial charge in [0.25, 0.3) is 0 Å². The van der Waals surface area contributed by atoms with Crippen LogP contribution in [0.25, 0.3) is 0 Å². The summed E-state index contributed by atoms with van der Waals surface area (Å²) < 4.78 is 2.01. The van der Waals surface area contributed by atoms with Crippen molar-refractivity contribution < 1.29 is 4.68 Å². The molecule has 2 aliphatic rings. The smallest absolute Gasteiger partial charge is 0.0840 e. The number of rotatable bonds is 0. The highest BCUT2D eigenvalue weighted by Gasteiger charge is 2.18. The molecule has 2 heterocycles. The normalized spacial score (nSPS) is 22.2. The summed E-state index contributed by atoms with van der Waals surface area (Å²) in [6.45, 7) is 1.04. The third kappa shape index (κ3) is 0.669. The van der Waals surface area contributed by atoms with Gasteiger partial charge in [0.1, 0.15) is 6.20 Å². The second-order valence-corrected chi connectivity index (χ2v) is 2.17. The Kier molecular flexibility index (Phi) is 0.918. The molecule has 0 atom stereocenters. The lowest BCUT2D eigenvalue weighted by atomic mass is 10.2. The van der Waals surface area contributed by atoms with Crippen molar-refractivity contribution in [3.8, 4) is 0 Å². The van der Waals surface area contributed by atoms with Crippen LogP contribution in [0.5, 0.6) is 0 Å². The fourth-order valence-corrected chi connectivity index (χ4v) is 1.07. The van der Waals surface area contributed by atoms with Gasteiger partial charge in [-0.15, -0.1) is 0 Å². The largest absolute Gasteiger partial charge is 0.233 e. The van der Waals surface area contributed by atoms with E-state index in [0.29, 0.717) is 0 Å². The fourth-order valence-electron chi connectivity index (χ4n) is 1.07. The van der Waals surface area contributed by atoms with Gasteiger partial charge < -0.3 is 0 Å². The quantitative estimate of drug-likeness (QED) is 0.413. The molecule has 2 aliphatic heterocycles. The van der Waals surface area contributed by atoms with Gasteiger partial charge in [-0.2, -0.15) is 0 Å². The predicted molar refractivity (Wildman–Crippen MR) is 35.2 cm³/mol. The Bertz CT molecular complexity index is 211. The van der Waals surface area contributed by atoms with Crippen LogP contribution in [0.1, 0.15) is 6.42 Å². The third-order valence-corrected chi connectivity index (χ3v) is 1.55. The molecule has 0 amide bonds. The van der Waals surface area contributed by atoms with E-state index in [1.54, 1.807) is 0 Å². The van der Waals surface area contributed by atoms with E-state index in [1.807, 2.05) is 17.0 Å². The number of hydrogen-bond acceptors (Lipinski definition) is 0. The van der Waals surface area contributed by atoms with E-state index >= 15 is 0 Å². The molecule has 1 radical (unpaired) electrons. The van der Waals surface area contributed by atoms with Crippen molar-refractivity contribution in [3.05, 3.63) is 24.4 Å². The second kappa shape index (κ2) is 1.72. The highest BCUT2D eigenvalue weighted by molar-refractivity contribution is 6.00. The Morgan fingerprint density at radius 2 is 2.44 bits per heavy atom. The fraction of sp³-hybridized carbons (Fsp3) is 0.286. The van der Waals surface area contributed by atoms with E-state index in [-0.39, 0.29) is 0 Å². The summed E-state index contributed by atoms with van der Waals surface area (Å²) >= 11 is 0. The lowest BCUT2D eigenvalue weighted by Crippen LogP contribution is -2.22. The zero-order valence-corrected chi connectivity index (χ0v) is 5.12. The number of nitrogens with zero attached hydrogens (tertiary/aromatic N) is 2. The third-order valence-electron chi connectivity index (χ3n) is 1.55. The highest BCUT2D eigenvalue weighted by atomic mass is 15.4. The van der Waals surface area contributed by atoms with Crippen molar-refractivity contribution >= 4 is 5.71 Å². The van der Waals surface area contributed by atoms with Crippen molar-refractivity contribution in [1.29, 1.82) is 0 Å². The summed E-state index contributed by atoms with van der Waals surface area (Å²) in [5, 5.41) is 0. The van der Waals surface area contributed by atoms with Crippen LogP contribution in [-0.4, -0.2) is 16.9 Å². The molecule has 2 nitrogen and oxygen atoms in total. The lowest BCUT2D eigenvalue weighted by molar-refractivity contribution is -0.577. The maximum atomic E-state index is 4.12. The average Bonchev–Trinajstić information content (AvgIpc) is 2.33. The van der Waals surface area contributed by atoms with Crippen molar-refractivity contribution in [2.75, 3.05) is 6.54 Å². The first-order chi connectivity index (χ1) is 4.47. The molecule has 0 spiro atoms. The summed E-state index contributed by atoms with van der Waals surface area (Å²) in [5.41, 5.74) is 5.35. The number of hydrogen-bond donors (Lipinski definition) is 0. The molecule has 0 fully saturated rings.